The molecule has 2 aromatic carbocycles. The molecule has 9 nitrogen and oxygen atoms in total. The molecule has 0 bridgehead atoms. The Morgan fingerprint density at radius 1 is 1.11 bits per heavy atom. The molecule has 0 atom stereocenters. The van der Waals surface area contributed by atoms with E-state index in [1.54, 1.807) is 0 Å². The molecular formula is C25H26BrN3O6S2. The first-order chi connectivity index (χ1) is 17.7. The first kappa shape index (κ1) is 27.3. The highest BCUT2D eigenvalue weighted by molar-refractivity contribution is 9.11. The van der Waals surface area contributed by atoms with Gasteiger partial charge in [-0.1, -0.05) is 12.1 Å². The van der Waals surface area contributed by atoms with E-state index < -0.39 is 21.9 Å². The van der Waals surface area contributed by atoms with Crippen molar-refractivity contribution in [3.63, 3.8) is 0 Å². The smallest absolute Gasteiger partial charge is 0.337 e. The fourth-order valence-electron chi connectivity index (χ4n) is 3.76. The number of rotatable bonds is 8. The van der Waals surface area contributed by atoms with Crippen molar-refractivity contribution in [1.82, 2.24) is 4.90 Å². The predicted molar refractivity (Wildman–Crippen MR) is 146 cm³/mol. The number of anilines is 2. The highest BCUT2D eigenvalue weighted by Crippen LogP contribution is 2.35. The van der Waals surface area contributed by atoms with Crippen LogP contribution in [0.3, 0.4) is 0 Å². The standard InChI is InChI=1S/C25H26BrN3O6S2/c1-28(20-9-5-18(6-10-20)25(31)34-2)37(32,33)22-15-21(36-23(22)26)24(30)27-19-7-3-17(4-8-19)16-29-11-13-35-14-12-29/h3-10,15H,11-14,16H2,1-2H3,(H,27,30). The molecule has 1 amide bonds. The van der Waals surface area contributed by atoms with E-state index in [0.717, 1.165) is 54.1 Å². The van der Waals surface area contributed by atoms with Crippen molar-refractivity contribution in [2.45, 2.75) is 11.4 Å². The first-order valence-electron chi connectivity index (χ1n) is 11.4. The summed E-state index contributed by atoms with van der Waals surface area (Å²) in [6.45, 7) is 4.07. The van der Waals surface area contributed by atoms with Crippen molar-refractivity contribution in [3.05, 3.63) is 74.4 Å². The maximum atomic E-state index is 13.3. The van der Waals surface area contributed by atoms with Gasteiger partial charge >= 0.3 is 5.97 Å². The number of benzene rings is 2. The van der Waals surface area contributed by atoms with Gasteiger partial charge in [0.1, 0.15) is 4.90 Å². The molecule has 0 aliphatic carbocycles. The molecular weight excluding hydrogens is 582 g/mol. The second kappa shape index (κ2) is 11.7. The van der Waals surface area contributed by atoms with Gasteiger partial charge < -0.3 is 14.8 Å². The first-order valence-corrected chi connectivity index (χ1v) is 14.4. The van der Waals surface area contributed by atoms with Gasteiger partial charge in [0.05, 0.1) is 40.2 Å². The molecule has 37 heavy (non-hydrogen) atoms. The molecule has 1 N–H and O–H groups in total. The molecule has 1 aliphatic heterocycles. The average molecular weight is 609 g/mol. The van der Waals surface area contributed by atoms with Gasteiger partial charge in [-0.25, -0.2) is 13.2 Å². The maximum absolute atomic E-state index is 13.3. The van der Waals surface area contributed by atoms with Gasteiger partial charge in [0.15, 0.2) is 0 Å². The molecule has 1 saturated heterocycles. The highest BCUT2D eigenvalue weighted by atomic mass is 79.9. The summed E-state index contributed by atoms with van der Waals surface area (Å²) in [5.41, 5.74) is 2.41. The van der Waals surface area contributed by atoms with Crippen molar-refractivity contribution in [1.29, 1.82) is 0 Å². The van der Waals surface area contributed by atoms with Crippen LogP contribution in [-0.4, -0.2) is 65.7 Å². The Labute approximate surface area is 228 Å². The summed E-state index contributed by atoms with van der Waals surface area (Å²) < 4.78 is 38.0. The third-order valence-corrected chi connectivity index (χ3v) is 9.93. The van der Waals surface area contributed by atoms with E-state index in [0.29, 0.717) is 20.7 Å². The van der Waals surface area contributed by atoms with E-state index >= 15 is 0 Å². The molecule has 196 valence electrons. The van der Waals surface area contributed by atoms with Crippen molar-refractivity contribution in [3.8, 4) is 0 Å². The number of sulfonamides is 1. The number of nitrogens with one attached hydrogen (secondary N) is 1. The number of carbonyl (C=O) groups is 2. The molecule has 0 saturated carbocycles. The Balaban J connectivity index is 1.44. The topological polar surface area (TPSA) is 105 Å². The summed E-state index contributed by atoms with van der Waals surface area (Å²) in [7, 11) is -1.30. The van der Waals surface area contributed by atoms with Crippen molar-refractivity contribution >= 4 is 60.5 Å². The Morgan fingerprint density at radius 2 is 1.76 bits per heavy atom. The van der Waals surface area contributed by atoms with E-state index in [1.165, 1.54) is 44.5 Å². The molecule has 0 radical (unpaired) electrons. The lowest BCUT2D eigenvalue weighted by Crippen LogP contribution is -2.35. The molecule has 3 aromatic rings. The Kier molecular flexibility index (Phi) is 8.65. The zero-order chi connectivity index (χ0) is 26.6. The number of esters is 1. The van der Waals surface area contributed by atoms with Crippen LogP contribution < -0.4 is 9.62 Å². The van der Waals surface area contributed by atoms with Crippen LogP contribution in [0.4, 0.5) is 11.4 Å². The van der Waals surface area contributed by atoms with Crippen LogP contribution in [0.25, 0.3) is 0 Å². The second-order valence-electron chi connectivity index (χ2n) is 8.30. The van der Waals surface area contributed by atoms with E-state index in [2.05, 4.69) is 30.9 Å². The number of methoxy groups -OCH3 is 1. The lowest BCUT2D eigenvalue weighted by atomic mass is 10.2. The SMILES string of the molecule is COC(=O)c1ccc(N(C)S(=O)(=O)c2cc(C(=O)Nc3ccc(CN4CCOCC4)cc3)sc2Br)cc1. The minimum Gasteiger partial charge on any atom is -0.465 e. The largest absolute Gasteiger partial charge is 0.465 e. The molecule has 1 fully saturated rings. The Hall–Kier alpha value is -2.77. The summed E-state index contributed by atoms with van der Waals surface area (Å²) in [6, 6.07) is 14.9. The Bertz CT molecular complexity index is 1370. The van der Waals surface area contributed by atoms with Gasteiger partial charge in [0.25, 0.3) is 15.9 Å². The average Bonchev–Trinajstić information content (AvgIpc) is 3.32. The van der Waals surface area contributed by atoms with Crippen LogP contribution >= 0.6 is 27.3 Å². The van der Waals surface area contributed by atoms with E-state index in [9.17, 15) is 18.0 Å². The molecule has 1 aliphatic rings. The number of amides is 1. The number of morpholine rings is 1. The quantitative estimate of drug-likeness (QED) is 0.382. The molecule has 2 heterocycles. The number of nitrogens with zero attached hydrogens (tertiary/aromatic N) is 2. The van der Waals surface area contributed by atoms with Gasteiger partial charge in [-0.3, -0.25) is 14.0 Å². The fraction of sp³-hybridized carbons (Fsp3) is 0.280. The zero-order valence-corrected chi connectivity index (χ0v) is 23.5. The number of thiophene rings is 1. The van der Waals surface area contributed by atoms with E-state index in [4.69, 9.17) is 4.74 Å². The maximum Gasteiger partial charge on any atom is 0.337 e. The van der Waals surface area contributed by atoms with Gasteiger partial charge in [-0.05, 0) is 64.0 Å². The lowest BCUT2D eigenvalue weighted by molar-refractivity contribution is 0.0342. The summed E-state index contributed by atoms with van der Waals surface area (Å²) in [4.78, 5) is 27.1. The van der Waals surface area contributed by atoms with Gasteiger partial charge in [0, 0.05) is 32.4 Å². The second-order valence-corrected chi connectivity index (χ2v) is 12.6. The Morgan fingerprint density at radius 3 is 2.38 bits per heavy atom. The monoisotopic (exact) mass is 607 g/mol. The van der Waals surface area contributed by atoms with Crippen LogP contribution in [0.5, 0.6) is 0 Å². The third kappa shape index (κ3) is 6.39. The molecule has 4 rings (SSSR count). The molecule has 0 spiro atoms. The minimum absolute atomic E-state index is 0.0250. The van der Waals surface area contributed by atoms with Crippen LogP contribution in [-0.2, 0) is 26.0 Å². The minimum atomic E-state index is -3.98. The number of hydrogen-bond acceptors (Lipinski definition) is 8. The number of ether oxygens (including phenoxy) is 2. The van der Waals surface area contributed by atoms with Crippen molar-refractivity contribution in [2.75, 3.05) is 50.1 Å². The highest BCUT2D eigenvalue weighted by Gasteiger charge is 2.28. The summed E-state index contributed by atoms with van der Waals surface area (Å²) in [6.07, 6.45) is 0. The van der Waals surface area contributed by atoms with Gasteiger partial charge in [0.2, 0.25) is 0 Å². The lowest BCUT2D eigenvalue weighted by Gasteiger charge is -2.26. The van der Waals surface area contributed by atoms with Crippen molar-refractivity contribution in [2.24, 2.45) is 0 Å². The molecule has 1 aromatic heterocycles. The molecule has 0 unspecified atom stereocenters. The van der Waals surface area contributed by atoms with Gasteiger partial charge in [-0.15, -0.1) is 11.3 Å². The molecule has 12 heteroatoms. The van der Waals surface area contributed by atoms with Crippen LogP contribution in [0.2, 0.25) is 0 Å². The van der Waals surface area contributed by atoms with E-state index in [-0.39, 0.29) is 9.77 Å². The normalized spacial score (nSPS) is 14.2. The number of hydrogen-bond donors (Lipinski definition) is 1. The summed E-state index contributed by atoms with van der Waals surface area (Å²) >= 11 is 4.34. The number of carbonyl (C=O) groups excluding carboxylic acids is 2. The summed E-state index contributed by atoms with van der Waals surface area (Å²) in [5, 5.41) is 2.83. The van der Waals surface area contributed by atoms with Crippen LogP contribution in [0.1, 0.15) is 25.6 Å². The number of halogens is 1. The van der Waals surface area contributed by atoms with Crippen molar-refractivity contribution < 1.29 is 27.5 Å². The van der Waals surface area contributed by atoms with Crippen LogP contribution in [0, 0.1) is 0 Å². The van der Waals surface area contributed by atoms with Gasteiger partial charge in [-0.2, -0.15) is 0 Å². The zero-order valence-electron chi connectivity index (χ0n) is 20.3. The fourth-order valence-corrected chi connectivity index (χ4v) is 7.36. The van der Waals surface area contributed by atoms with Crippen LogP contribution in [0.15, 0.2) is 63.3 Å². The predicted octanol–water partition coefficient (Wildman–Crippen LogP) is 4.21. The third-order valence-electron chi connectivity index (χ3n) is 5.89. The summed E-state index contributed by atoms with van der Waals surface area (Å²) in [5.74, 6) is -0.918. The van der Waals surface area contributed by atoms with E-state index in [1.807, 2.05) is 24.3 Å².